The van der Waals surface area contributed by atoms with Crippen LogP contribution in [-0.2, 0) is 11.2 Å². The summed E-state index contributed by atoms with van der Waals surface area (Å²) in [6, 6.07) is 4.07. The van der Waals surface area contributed by atoms with Crippen molar-refractivity contribution in [2.75, 3.05) is 20.8 Å². The summed E-state index contributed by atoms with van der Waals surface area (Å²) in [5.74, 6) is 1.46. The van der Waals surface area contributed by atoms with E-state index >= 15 is 0 Å². The topological polar surface area (TPSA) is 38.8 Å². The first-order chi connectivity index (χ1) is 8.21. The quantitative estimate of drug-likeness (QED) is 0.750. The maximum Gasteiger partial charge on any atom is 0.210 e. The van der Waals surface area contributed by atoms with E-state index in [0.29, 0.717) is 5.75 Å². The van der Waals surface area contributed by atoms with Crippen molar-refractivity contribution in [1.29, 1.82) is 0 Å². The summed E-state index contributed by atoms with van der Waals surface area (Å²) >= 11 is 0. The lowest BCUT2D eigenvalue weighted by Crippen LogP contribution is -2.32. The van der Waals surface area contributed by atoms with Crippen molar-refractivity contribution < 1.29 is 14.3 Å². The number of methoxy groups -OCH3 is 2. The smallest absolute Gasteiger partial charge is 0.210 e. The number of rotatable bonds is 3. The van der Waals surface area contributed by atoms with Gasteiger partial charge in [0, 0.05) is 6.54 Å². The normalized spacial score (nSPS) is 18.5. The van der Waals surface area contributed by atoms with E-state index in [1.165, 1.54) is 5.56 Å². The van der Waals surface area contributed by atoms with Crippen molar-refractivity contribution in [2.45, 2.75) is 19.4 Å². The average molecular weight is 235 g/mol. The van der Waals surface area contributed by atoms with Gasteiger partial charge in [0.1, 0.15) is 0 Å². The molecule has 1 aliphatic heterocycles. The zero-order chi connectivity index (χ0) is 12.4. The van der Waals surface area contributed by atoms with Gasteiger partial charge in [0.25, 0.3) is 0 Å². The first-order valence-corrected chi connectivity index (χ1v) is 5.67. The Kier molecular flexibility index (Phi) is 3.22. The van der Waals surface area contributed by atoms with E-state index in [-0.39, 0.29) is 6.04 Å². The number of amides is 1. The van der Waals surface area contributed by atoms with Crippen LogP contribution < -0.4 is 9.47 Å². The van der Waals surface area contributed by atoms with Gasteiger partial charge in [-0.15, -0.1) is 0 Å². The number of benzene rings is 1. The highest BCUT2D eigenvalue weighted by Gasteiger charge is 2.24. The molecule has 0 bridgehead atoms. The predicted octanol–water partition coefficient (Wildman–Crippen LogP) is 1.78. The van der Waals surface area contributed by atoms with Gasteiger partial charge in [-0.1, -0.05) is 0 Å². The molecule has 0 fully saturated rings. The van der Waals surface area contributed by atoms with Crippen LogP contribution in [0.2, 0.25) is 0 Å². The summed E-state index contributed by atoms with van der Waals surface area (Å²) in [5.41, 5.74) is 2.37. The highest BCUT2D eigenvalue weighted by Crippen LogP contribution is 2.37. The molecule has 2 rings (SSSR count). The molecule has 17 heavy (non-hydrogen) atoms. The molecule has 1 aliphatic rings. The summed E-state index contributed by atoms with van der Waals surface area (Å²) in [5, 5.41) is 0. The molecule has 0 N–H and O–H groups in total. The van der Waals surface area contributed by atoms with Crippen molar-refractivity contribution in [1.82, 2.24) is 4.90 Å². The molecule has 0 aromatic heterocycles. The molecule has 0 radical (unpaired) electrons. The average Bonchev–Trinajstić information content (AvgIpc) is 2.38. The largest absolute Gasteiger partial charge is 0.493 e. The van der Waals surface area contributed by atoms with Crippen LogP contribution in [0, 0.1) is 0 Å². The van der Waals surface area contributed by atoms with Crippen LogP contribution in [0.25, 0.3) is 0 Å². The Morgan fingerprint density at radius 2 is 1.94 bits per heavy atom. The molecule has 1 aromatic rings. The summed E-state index contributed by atoms with van der Waals surface area (Å²) in [4.78, 5) is 12.7. The lowest BCUT2D eigenvalue weighted by atomic mass is 9.93. The molecule has 1 atom stereocenters. The second-order valence-corrected chi connectivity index (χ2v) is 4.18. The molecule has 0 saturated heterocycles. The minimum absolute atomic E-state index is 0.0936. The molecular weight excluding hydrogens is 218 g/mol. The van der Waals surface area contributed by atoms with Gasteiger partial charge in [0.2, 0.25) is 6.41 Å². The number of nitrogens with zero attached hydrogens (tertiary/aromatic N) is 1. The number of hydrogen-bond acceptors (Lipinski definition) is 3. The Balaban J connectivity index is 2.46. The van der Waals surface area contributed by atoms with Crippen LogP contribution in [0.5, 0.6) is 11.5 Å². The third-order valence-corrected chi connectivity index (χ3v) is 3.37. The first-order valence-electron chi connectivity index (χ1n) is 5.67. The zero-order valence-corrected chi connectivity index (χ0v) is 10.4. The monoisotopic (exact) mass is 235 g/mol. The molecule has 0 saturated carbocycles. The zero-order valence-electron chi connectivity index (χ0n) is 10.4. The van der Waals surface area contributed by atoms with E-state index in [1.807, 2.05) is 19.1 Å². The lowest BCUT2D eigenvalue weighted by molar-refractivity contribution is -0.120. The van der Waals surface area contributed by atoms with E-state index in [0.717, 1.165) is 30.7 Å². The third kappa shape index (κ3) is 1.95. The van der Waals surface area contributed by atoms with Gasteiger partial charge in [-0.2, -0.15) is 0 Å². The van der Waals surface area contributed by atoms with Crippen molar-refractivity contribution in [3.8, 4) is 11.5 Å². The van der Waals surface area contributed by atoms with Crippen molar-refractivity contribution in [3.05, 3.63) is 23.3 Å². The van der Waals surface area contributed by atoms with Crippen LogP contribution >= 0.6 is 0 Å². The Morgan fingerprint density at radius 1 is 1.29 bits per heavy atom. The highest BCUT2D eigenvalue weighted by molar-refractivity contribution is 5.54. The van der Waals surface area contributed by atoms with Crippen LogP contribution in [0.3, 0.4) is 0 Å². The van der Waals surface area contributed by atoms with E-state index in [4.69, 9.17) is 9.47 Å². The lowest BCUT2D eigenvalue weighted by Gasteiger charge is -2.32. The maximum absolute atomic E-state index is 10.9. The molecule has 0 aliphatic carbocycles. The molecule has 92 valence electrons. The summed E-state index contributed by atoms with van der Waals surface area (Å²) in [7, 11) is 3.25. The minimum Gasteiger partial charge on any atom is -0.493 e. The van der Waals surface area contributed by atoms with Gasteiger partial charge in [-0.25, -0.2) is 0 Å². The molecule has 1 aromatic carbocycles. The summed E-state index contributed by atoms with van der Waals surface area (Å²) in [6.07, 6.45) is 1.77. The van der Waals surface area contributed by atoms with E-state index in [9.17, 15) is 4.79 Å². The molecular formula is C13H17NO3. The van der Waals surface area contributed by atoms with Gasteiger partial charge in [0.05, 0.1) is 20.3 Å². The second-order valence-electron chi connectivity index (χ2n) is 4.18. The number of carbonyl (C=O) groups is 1. The van der Waals surface area contributed by atoms with Gasteiger partial charge in [-0.05, 0) is 36.6 Å². The molecule has 1 amide bonds. The van der Waals surface area contributed by atoms with Crippen LogP contribution in [0.15, 0.2) is 12.1 Å². The van der Waals surface area contributed by atoms with Gasteiger partial charge < -0.3 is 14.4 Å². The summed E-state index contributed by atoms with van der Waals surface area (Å²) in [6.45, 7) is 2.78. The minimum atomic E-state index is 0.0936. The van der Waals surface area contributed by atoms with Gasteiger partial charge >= 0.3 is 0 Å². The molecule has 4 heteroatoms. The fourth-order valence-electron chi connectivity index (χ4n) is 2.31. The standard InChI is InChI=1S/C13H17NO3/c1-9-11-7-13(17-3)12(16-2)6-10(11)4-5-14(9)8-15/h6-9H,4-5H2,1-3H3/t9-/m1/s1. The third-order valence-electron chi connectivity index (χ3n) is 3.37. The van der Waals surface area contributed by atoms with Gasteiger partial charge in [0.15, 0.2) is 11.5 Å². The molecule has 1 heterocycles. The Labute approximate surface area is 101 Å². The van der Waals surface area contributed by atoms with E-state index in [2.05, 4.69) is 0 Å². The molecule has 4 nitrogen and oxygen atoms in total. The maximum atomic E-state index is 10.9. The van der Waals surface area contributed by atoms with Crippen molar-refractivity contribution in [3.63, 3.8) is 0 Å². The fraction of sp³-hybridized carbons (Fsp3) is 0.462. The van der Waals surface area contributed by atoms with Crippen LogP contribution in [0.1, 0.15) is 24.1 Å². The Hall–Kier alpha value is -1.71. The highest BCUT2D eigenvalue weighted by atomic mass is 16.5. The second kappa shape index (κ2) is 4.65. The summed E-state index contributed by atoms with van der Waals surface area (Å²) < 4.78 is 10.6. The number of carbonyl (C=O) groups excluding carboxylic acids is 1. The SMILES string of the molecule is COc1cc2c(cc1OC)[C@@H](C)N(C=O)CC2. The number of fused-ring (bicyclic) bond motifs is 1. The molecule has 0 spiro atoms. The van der Waals surface area contributed by atoms with E-state index in [1.54, 1.807) is 19.1 Å². The van der Waals surface area contributed by atoms with Crippen LogP contribution in [-0.4, -0.2) is 32.1 Å². The van der Waals surface area contributed by atoms with Crippen molar-refractivity contribution >= 4 is 6.41 Å². The Morgan fingerprint density at radius 3 is 2.53 bits per heavy atom. The van der Waals surface area contributed by atoms with Gasteiger partial charge in [-0.3, -0.25) is 4.79 Å². The van der Waals surface area contributed by atoms with Crippen molar-refractivity contribution in [2.24, 2.45) is 0 Å². The Bertz CT molecular complexity index is 431. The number of ether oxygens (including phenoxy) is 2. The predicted molar refractivity (Wildman–Crippen MR) is 64.4 cm³/mol. The fourth-order valence-corrected chi connectivity index (χ4v) is 2.31. The molecule has 0 unspecified atom stereocenters. The van der Waals surface area contributed by atoms with Crippen LogP contribution in [0.4, 0.5) is 0 Å². The van der Waals surface area contributed by atoms with E-state index < -0.39 is 0 Å². The number of hydrogen-bond donors (Lipinski definition) is 0. The first kappa shape index (κ1) is 11.8.